The van der Waals surface area contributed by atoms with Crippen molar-refractivity contribution in [1.29, 1.82) is 0 Å². The van der Waals surface area contributed by atoms with Gasteiger partial charge in [-0.15, -0.1) is 0 Å². The molecular formula is C67H63N9O15. The van der Waals surface area contributed by atoms with Crippen molar-refractivity contribution >= 4 is 58.2 Å². The maximum absolute atomic E-state index is 15.8. The van der Waals surface area contributed by atoms with Gasteiger partial charge in [0.1, 0.15) is 59.2 Å². The number of unbranched alkanes of at least 4 members (excludes halogenated alkanes) is 2. The fourth-order valence-electron chi connectivity index (χ4n) is 11.3. The molecule has 14 rings (SSSR count). The van der Waals surface area contributed by atoms with E-state index in [1.807, 2.05) is 0 Å². The van der Waals surface area contributed by atoms with Gasteiger partial charge in [-0.25, -0.2) is 4.79 Å². The lowest BCUT2D eigenvalue weighted by Gasteiger charge is -2.33. The van der Waals surface area contributed by atoms with Crippen molar-refractivity contribution in [2.75, 3.05) is 13.6 Å². The highest BCUT2D eigenvalue weighted by Crippen LogP contribution is 2.44. The normalized spacial score (nSPS) is 19.5. The number of likely N-dealkylation sites (N-methyl/N-ethyl adjacent to an activating group) is 1. The molecule has 6 aliphatic rings. The number of carboxylic acids is 1. The molecular weight excluding hydrogens is 1170 g/mol. The Hall–Kier alpha value is -11.4. The van der Waals surface area contributed by atoms with Crippen LogP contribution in [0, 0.1) is 0 Å². The van der Waals surface area contributed by atoms with Gasteiger partial charge in [-0.2, -0.15) is 0 Å². The highest BCUT2D eigenvalue weighted by molar-refractivity contribution is 6.00. The molecule has 14 N–H and O–H groups in total. The molecule has 1 aromatic heterocycles. The number of nitrogens with two attached hydrogens (primary N) is 1. The highest BCUT2D eigenvalue weighted by Gasteiger charge is 2.40. The third kappa shape index (κ3) is 13.4. The molecule has 6 aliphatic heterocycles. The van der Waals surface area contributed by atoms with E-state index in [2.05, 4.69) is 36.9 Å². The summed E-state index contributed by atoms with van der Waals surface area (Å²) in [7, 11) is 1.31. The van der Waals surface area contributed by atoms with Gasteiger partial charge < -0.3 is 82.5 Å². The third-order valence-corrected chi connectivity index (χ3v) is 16.3. The zero-order valence-corrected chi connectivity index (χ0v) is 48.8. The first-order chi connectivity index (χ1) is 43.8. The van der Waals surface area contributed by atoms with Gasteiger partial charge in [0.2, 0.25) is 41.4 Å². The van der Waals surface area contributed by atoms with Gasteiger partial charge in [-0.05, 0) is 143 Å². The summed E-state index contributed by atoms with van der Waals surface area (Å²) in [6.07, 6.45) is 3.02. The molecule has 7 aromatic carbocycles. The second-order valence-electron chi connectivity index (χ2n) is 22.5. The second-order valence-corrected chi connectivity index (χ2v) is 22.5. The van der Waals surface area contributed by atoms with Gasteiger partial charge in [0.25, 0.3) is 0 Å². The fraction of sp³-hybridized carbons (Fsp3) is 0.224. The number of phenolic OH excluding ortho intramolecular Hbond substituents is 4. The zero-order valence-electron chi connectivity index (χ0n) is 48.8. The lowest BCUT2D eigenvalue weighted by molar-refractivity contribution is -0.145. The number of aromatic hydroxyl groups is 4. The van der Waals surface area contributed by atoms with Crippen LogP contribution >= 0.6 is 0 Å². The van der Waals surface area contributed by atoms with Crippen LogP contribution in [0.5, 0.6) is 46.0 Å². The van der Waals surface area contributed by atoms with E-state index in [-0.39, 0.29) is 92.9 Å². The molecule has 15 bridgehead atoms. The van der Waals surface area contributed by atoms with Crippen molar-refractivity contribution in [3.8, 4) is 57.1 Å². The first kappa shape index (κ1) is 61.3. The highest BCUT2D eigenvalue weighted by atomic mass is 16.5. The summed E-state index contributed by atoms with van der Waals surface area (Å²) in [6.45, 7) is 0.429. The Labute approximate surface area is 519 Å². The summed E-state index contributed by atoms with van der Waals surface area (Å²) in [5.41, 5.74) is 8.04. The van der Waals surface area contributed by atoms with Crippen molar-refractivity contribution in [2.45, 2.75) is 80.8 Å². The number of amides is 7. The van der Waals surface area contributed by atoms with Crippen molar-refractivity contribution in [3.63, 3.8) is 0 Å². The molecule has 7 atom stereocenters. The van der Waals surface area contributed by atoms with E-state index >= 15 is 19.2 Å². The summed E-state index contributed by atoms with van der Waals surface area (Å²) < 4.78 is 12.5. The van der Waals surface area contributed by atoms with Crippen molar-refractivity contribution in [1.82, 2.24) is 41.8 Å². The van der Waals surface area contributed by atoms with Crippen LogP contribution in [0.1, 0.15) is 94.8 Å². The number of aromatic amines is 1. The monoisotopic (exact) mass is 1230 g/mol. The van der Waals surface area contributed by atoms with Crippen LogP contribution in [0.15, 0.2) is 152 Å². The number of carboxylic acid groups (broad SMARTS) is 1. The van der Waals surface area contributed by atoms with Crippen LogP contribution < -0.4 is 47.1 Å². The Morgan fingerprint density at radius 2 is 1.23 bits per heavy atom. The third-order valence-electron chi connectivity index (χ3n) is 16.3. The summed E-state index contributed by atoms with van der Waals surface area (Å²) in [5, 5.41) is 71.6. The fourth-order valence-corrected chi connectivity index (χ4v) is 11.3. The standard InChI is InChI=1S/C67H63N9O15/c1-76-50-27-34-6-20-44(21-7-34)91-53-32-40-28-47(60(53)81)38-14-24-46-41(33-69-48(46)29-38)30-49(70-63(84)55(35-8-16-42(77)17-9-35)71-54(80)5-3-2-4-26-68)61(82)72-56(36-10-18-43(78)19-11-36)64(85)73-57(40)65(86)74-58(66(76)87)37-12-22-45(23-13-37)90-52-31-39(15-25-51(52)79)59(67(88)89)75-62(50)83/h6-25,28-29,31-33,49-50,55-59,69,77-79,81H,2-5,26-27,30,68H2,1H3,(H,70,84)(H,71,80)(H,72,82)(H,73,85)(H,74,86)(H,75,83)(H,88,89)/t49-,50+,55?,56-,57-,58-,59-/m1/s1. The summed E-state index contributed by atoms with van der Waals surface area (Å²) in [6, 6.07) is 22.9. The Morgan fingerprint density at radius 1 is 0.626 bits per heavy atom. The SMILES string of the molecule is CN1C(=O)[C@@H]2NC(=O)[C@@H]3NC(=O)[C@@H](c4ccc(O)cc4)NC(=O)[C@H](NC(=O)C(NC(=O)CCCCCN)c4ccc(O)cc4)Cc4c[nH]c5cc(ccc45)-c4cc3cc(c4O)Oc3ccc(cc3)C[C@H]1C(=O)N[C@@H](C(=O)O)c1ccc(O)c(c1)Oc1ccc2cc1. The summed E-state index contributed by atoms with van der Waals surface area (Å²) in [5.74, 6) is -8.92. The number of H-pyrrole nitrogens is 1. The number of aliphatic carboxylic acids is 1. The van der Waals surface area contributed by atoms with Crippen LogP contribution in [0.2, 0.25) is 0 Å². The molecule has 24 heteroatoms. The number of aromatic nitrogens is 1. The average Bonchev–Trinajstić information content (AvgIpc) is 1.97. The Kier molecular flexibility index (Phi) is 17.6. The first-order valence-corrected chi connectivity index (χ1v) is 29.2. The van der Waals surface area contributed by atoms with Crippen LogP contribution in [0.4, 0.5) is 0 Å². The minimum atomic E-state index is -1.89. The van der Waals surface area contributed by atoms with Crippen LogP contribution in [-0.4, -0.2) is 108 Å². The van der Waals surface area contributed by atoms with Crippen molar-refractivity contribution in [3.05, 3.63) is 191 Å². The largest absolute Gasteiger partial charge is 0.508 e. The number of nitrogens with zero attached hydrogens (tertiary/aromatic N) is 1. The molecule has 7 heterocycles. The molecule has 0 aliphatic carbocycles. The number of carbonyl (C=O) groups excluding carboxylic acids is 7. The maximum Gasteiger partial charge on any atom is 0.330 e. The zero-order chi connectivity index (χ0) is 64.2. The average molecular weight is 1230 g/mol. The number of rotatable bonds is 11. The number of hydrogen-bond acceptors (Lipinski definition) is 15. The molecule has 91 heavy (non-hydrogen) atoms. The van der Waals surface area contributed by atoms with E-state index in [9.17, 15) is 44.7 Å². The van der Waals surface area contributed by atoms with E-state index in [0.29, 0.717) is 53.4 Å². The van der Waals surface area contributed by atoms with Crippen LogP contribution in [-0.2, 0) is 51.2 Å². The summed E-state index contributed by atoms with van der Waals surface area (Å²) in [4.78, 5) is 123. The molecule has 7 amide bonds. The number of ether oxygens (including phenoxy) is 2. The van der Waals surface area contributed by atoms with Crippen LogP contribution in [0.3, 0.4) is 0 Å². The molecule has 24 nitrogen and oxygen atoms in total. The molecule has 0 saturated heterocycles. The predicted molar refractivity (Wildman–Crippen MR) is 328 cm³/mol. The Bertz CT molecular complexity index is 4140. The number of phenols is 4. The number of benzene rings is 7. The summed E-state index contributed by atoms with van der Waals surface area (Å²) >= 11 is 0. The topological polar surface area (TPSA) is 373 Å². The van der Waals surface area contributed by atoms with Gasteiger partial charge in [-0.3, -0.25) is 33.6 Å². The molecule has 0 spiro atoms. The Balaban J connectivity index is 1.05. The molecule has 1 unspecified atom stereocenters. The number of fused-ring (bicyclic) bond motifs is 14. The van der Waals surface area contributed by atoms with E-state index < -0.39 is 95.4 Å². The van der Waals surface area contributed by atoms with Crippen LogP contribution in [0.25, 0.3) is 22.0 Å². The van der Waals surface area contributed by atoms with Crippen molar-refractivity contribution < 1.29 is 73.4 Å². The Morgan fingerprint density at radius 3 is 1.92 bits per heavy atom. The van der Waals surface area contributed by atoms with Gasteiger partial charge in [-0.1, -0.05) is 73.2 Å². The maximum atomic E-state index is 15.8. The molecule has 466 valence electrons. The number of carbonyl (C=O) groups is 8. The van der Waals surface area contributed by atoms with E-state index in [1.165, 1.54) is 122 Å². The quantitative estimate of drug-likeness (QED) is 0.0644. The molecule has 8 aromatic rings. The number of hydrogen-bond donors (Lipinski definition) is 13. The second kappa shape index (κ2) is 26.1. The van der Waals surface area contributed by atoms with Gasteiger partial charge in [0.15, 0.2) is 29.0 Å². The first-order valence-electron chi connectivity index (χ1n) is 29.2. The van der Waals surface area contributed by atoms with Gasteiger partial charge >= 0.3 is 5.97 Å². The van der Waals surface area contributed by atoms with Crippen molar-refractivity contribution in [2.24, 2.45) is 5.73 Å². The predicted octanol–water partition coefficient (Wildman–Crippen LogP) is 6.17. The lowest BCUT2D eigenvalue weighted by Crippen LogP contribution is -2.55. The minimum absolute atomic E-state index is 0.0143. The molecule has 0 saturated carbocycles. The van der Waals surface area contributed by atoms with E-state index in [1.54, 1.807) is 36.5 Å². The molecule has 0 fully saturated rings. The van der Waals surface area contributed by atoms with Gasteiger partial charge in [0, 0.05) is 49.0 Å². The van der Waals surface area contributed by atoms with Gasteiger partial charge in [0.05, 0.1) is 0 Å². The smallest absolute Gasteiger partial charge is 0.330 e. The minimum Gasteiger partial charge on any atom is -0.508 e. The van der Waals surface area contributed by atoms with E-state index in [4.69, 9.17) is 15.2 Å². The lowest BCUT2D eigenvalue weighted by atomic mass is 9.94. The van der Waals surface area contributed by atoms with E-state index in [0.717, 1.165) is 4.90 Å². The number of nitrogens with one attached hydrogen (secondary N) is 7. The molecule has 0 radical (unpaired) electrons.